The fourth-order valence-electron chi connectivity index (χ4n) is 2.15. The fourth-order valence-corrected chi connectivity index (χ4v) is 2.15. The summed E-state index contributed by atoms with van der Waals surface area (Å²) in [5.41, 5.74) is 0.472. The molecule has 2 nitrogen and oxygen atoms in total. The summed E-state index contributed by atoms with van der Waals surface area (Å²) in [6, 6.07) is 0. The molecule has 0 aromatic rings. The lowest BCUT2D eigenvalue weighted by molar-refractivity contribution is 0.0242. The van der Waals surface area contributed by atoms with Crippen molar-refractivity contribution in [3.8, 4) is 0 Å². The van der Waals surface area contributed by atoms with E-state index >= 15 is 0 Å². The van der Waals surface area contributed by atoms with Crippen LogP contribution in [0.4, 0.5) is 0 Å². The molecule has 0 unspecified atom stereocenters. The Morgan fingerprint density at radius 1 is 1.25 bits per heavy atom. The van der Waals surface area contributed by atoms with Gasteiger partial charge in [-0.05, 0) is 44.1 Å². The number of allylic oxidation sites excluding steroid dienone is 1. The second-order valence-electron chi connectivity index (χ2n) is 5.24. The van der Waals surface area contributed by atoms with Gasteiger partial charge in [0.15, 0.2) is 0 Å². The normalized spacial score (nSPS) is 19.6. The van der Waals surface area contributed by atoms with Gasteiger partial charge in [0.2, 0.25) is 0 Å². The highest BCUT2D eigenvalue weighted by Crippen LogP contribution is 2.28. The maximum absolute atomic E-state index is 5.40. The molecule has 0 aliphatic carbocycles. The minimum absolute atomic E-state index is 0.472. The quantitative estimate of drug-likeness (QED) is 0.506. The number of rotatable bonds is 8. The zero-order chi connectivity index (χ0) is 11.7. The van der Waals surface area contributed by atoms with Crippen molar-refractivity contribution in [2.45, 2.75) is 45.4 Å². The van der Waals surface area contributed by atoms with E-state index in [4.69, 9.17) is 4.74 Å². The smallest absolute Gasteiger partial charge is 0.0471 e. The third-order valence-corrected chi connectivity index (χ3v) is 3.51. The Morgan fingerprint density at radius 2 is 2.00 bits per heavy atom. The van der Waals surface area contributed by atoms with Gasteiger partial charge in [-0.1, -0.05) is 19.4 Å². The van der Waals surface area contributed by atoms with Gasteiger partial charge in [0, 0.05) is 19.8 Å². The first-order chi connectivity index (χ1) is 7.77. The van der Waals surface area contributed by atoms with Crippen LogP contribution in [-0.2, 0) is 4.74 Å². The summed E-state index contributed by atoms with van der Waals surface area (Å²) >= 11 is 0. The van der Waals surface area contributed by atoms with Crippen molar-refractivity contribution in [3.05, 3.63) is 12.7 Å². The fraction of sp³-hybridized carbons (Fsp3) is 0.857. The summed E-state index contributed by atoms with van der Waals surface area (Å²) in [6.45, 7) is 10.3. The second kappa shape index (κ2) is 7.86. The number of hydrogen-bond donors (Lipinski definition) is 1. The number of ether oxygens (including phenoxy) is 1. The van der Waals surface area contributed by atoms with Gasteiger partial charge in [0.1, 0.15) is 0 Å². The van der Waals surface area contributed by atoms with Crippen LogP contribution in [-0.4, -0.2) is 26.3 Å². The Kier molecular flexibility index (Phi) is 6.74. The van der Waals surface area contributed by atoms with E-state index in [1.165, 1.54) is 32.1 Å². The van der Waals surface area contributed by atoms with Gasteiger partial charge in [-0.15, -0.1) is 6.58 Å². The molecule has 0 spiro atoms. The number of nitrogens with one attached hydrogen (secondary N) is 1. The van der Waals surface area contributed by atoms with Gasteiger partial charge in [0.25, 0.3) is 0 Å². The highest BCUT2D eigenvalue weighted by Gasteiger charge is 2.26. The zero-order valence-electron chi connectivity index (χ0n) is 10.8. The minimum atomic E-state index is 0.472. The minimum Gasteiger partial charge on any atom is -0.381 e. The molecule has 0 radical (unpaired) electrons. The topological polar surface area (TPSA) is 21.3 Å². The number of unbranched alkanes of at least 4 members (excludes halogenated alkanes) is 3. The van der Waals surface area contributed by atoms with Crippen LogP contribution < -0.4 is 5.32 Å². The Hall–Kier alpha value is -0.340. The SMILES string of the molecule is C=CCCCCCNCC1(C)CCOCC1. The van der Waals surface area contributed by atoms with Crippen LogP contribution in [0.25, 0.3) is 0 Å². The highest BCUT2D eigenvalue weighted by molar-refractivity contribution is 4.79. The molecule has 1 fully saturated rings. The molecule has 1 N–H and O–H groups in total. The van der Waals surface area contributed by atoms with Crippen LogP contribution in [0.5, 0.6) is 0 Å². The Balaban J connectivity index is 1.95. The molecular weight excluding hydrogens is 198 g/mol. The van der Waals surface area contributed by atoms with E-state index in [0.29, 0.717) is 5.41 Å². The Labute approximate surface area is 100 Å². The molecule has 0 bridgehead atoms. The molecule has 1 aliphatic rings. The largest absolute Gasteiger partial charge is 0.381 e. The van der Waals surface area contributed by atoms with E-state index in [-0.39, 0.29) is 0 Å². The van der Waals surface area contributed by atoms with Crippen LogP contribution in [0.15, 0.2) is 12.7 Å². The maximum atomic E-state index is 5.40. The van der Waals surface area contributed by atoms with Crippen molar-refractivity contribution in [2.24, 2.45) is 5.41 Å². The van der Waals surface area contributed by atoms with Crippen molar-refractivity contribution in [3.63, 3.8) is 0 Å². The van der Waals surface area contributed by atoms with Crippen LogP contribution in [0.3, 0.4) is 0 Å². The van der Waals surface area contributed by atoms with Crippen LogP contribution in [0.2, 0.25) is 0 Å². The monoisotopic (exact) mass is 225 g/mol. The lowest BCUT2D eigenvalue weighted by atomic mass is 9.82. The molecule has 2 heteroatoms. The molecular formula is C14H27NO. The third kappa shape index (κ3) is 5.66. The van der Waals surface area contributed by atoms with E-state index in [9.17, 15) is 0 Å². The van der Waals surface area contributed by atoms with E-state index in [1.807, 2.05) is 6.08 Å². The van der Waals surface area contributed by atoms with Gasteiger partial charge in [-0.3, -0.25) is 0 Å². The van der Waals surface area contributed by atoms with Crippen molar-refractivity contribution in [2.75, 3.05) is 26.3 Å². The summed E-state index contributed by atoms with van der Waals surface area (Å²) in [5, 5.41) is 3.59. The van der Waals surface area contributed by atoms with E-state index in [2.05, 4.69) is 18.8 Å². The first-order valence-electron chi connectivity index (χ1n) is 6.66. The summed E-state index contributed by atoms with van der Waals surface area (Å²) in [4.78, 5) is 0. The predicted molar refractivity (Wildman–Crippen MR) is 69.7 cm³/mol. The van der Waals surface area contributed by atoms with Crippen molar-refractivity contribution < 1.29 is 4.74 Å². The molecule has 1 heterocycles. The average Bonchev–Trinajstić information content (AvgIpc) is 2.29. The predicted octanol–water partition coefficient (Wildman–Crippen LogP) is 3.14. The molecule has 0 atom stereocenters. The zero-order valence-corrected chi connectivity index (χ0v) is 10.8. The van der Waals surface area contributed by atoms with Gasteiger partial charge in [-0.2, -0.15) is 0 Å². The Morgan fingerprint density at radius 3 is 2.69 bits per heavy atom. The lowest BCUT2D eigenvalue weighted by Gasteiger charge is -2.33. The standard InChI is InChI=1S/C14H27NO/c1-3-4-5-6-7-10-15-13-14(2)8-11-16-12-9-14/h3,15H,1,4-13H2,2H3. The molecule has 16 heavy (non-hydrogen) atoms. The second-order valence-corrected chi connectivity index (χ2v) is 5.24. The summed E-state index contributed by atoms with van der Waals surface area (Å²) in [7, 11) is 0. The van der Waals surface area contributed by atoms with Crippen LogP contribution in [0.1, 0.15) is 45.4 Å². The summed E-state index contributed by atoms with van der Waals surface area (Å²) in [6.07, 6.45) is 9.48. The van der Waals surface area contributed by atoms with Crippen molar-refractivity contribution >= 4 is 0 Å². The average molecular weight is 225 g/mol. The molecule has 1 aliphatic heterocycles. The van der Waals surface area contributed by atoms with E-state index in [0.717, 1.165) is 32.7 Å². The summed E-state index contributed by atoms with van der Waals surface area (Å²) in [5.74, 6) is 0. The molecule has 94 valence electrons. The van der Waals surface area contributed by atoms with Crippen LogP contribution in [0, 0.1) is 5.41 Å². The Bertz CT molecular complexity index is 185. The molecule has 0 aromatic heterocycles. The molecule has 1 rings (SSSR count). The first-order valence-corrected chi connectivity index (χ1v) is 6.66. The maximum Gasteiger partial charge on any atom is 0.0471 e. The molecule has 0 saturated carbocycles. The lowest BCUT2D eigenvalue weighted by Crippen LogP contribution is -2.37. The molecule has 0 amide bonds. The first kappa shape index (κ1) is 13.7. The van der Waals surface area contributed by atoms with Gasteiger partial charge in [0.05, 0.1) is 0 Å². The van der Waals surface area contributed by atoms with E-state index < -0.39 is 0 Å². The van der Waals surface area contributed by atoms with Gasteiger partial charge < -0.3 is 10.1 Å². The van der Waals surface area contributed by atoms with E-state index in [1.54, 1.807) is 0 Å². The van der Waals surface area contributed by atoms with Crippen molar-refractivity contribution in [1.29, 1.82) is 0 Å². The van der Waals surface area contributed by atoms with Crippen molar-refractivity contribution in [1.82, 2.24) is 5.32 Å². The van der Waals surface area contributed by atoms with Crippen LogP contribution >= 0.6 is 0 Å². The molecule has 1 saturated heterocycles. The number of hydrogen-bond acceptors (Lipinski definition) is 2. The third-order valence-electron chi connectivity index (χ3n) is 3.51. The molecule has 0 aromatic carbocycles. The van der Waals surface area contributed by atoms with Gasteiger partial charge in [-0.25, -0.2) is 0 Å². The summed E-state index contributed by atoms with van der Waals surface area (Å²) < 4.78 is 5.40. The van der Waals surface area contributed by atoms with Gasteiger partial charge >= 0.3 is 0 Å². The highest BCUT2D eigenvalue weighted by atomic mass is 16.5.